The summed E-state index contributed by atoms with van der Waals surface area (Å²) in [4.78, 5) is 15.6. The Balaban J connectivity index is 2.30. The molecule has 3 rings (SSSR count). The fraction of sp³-hybridized carbons (Fsp3) is 0.111. The Morgan fingerprint density at radius 3 is 2.74 bits per heavy atom. The highest BCUT2D eigenvalue weighted by molar-refractivity contribution is 6.30. The second kappa shape index (κ2) is 5.89. The maximum Gasteiger partial charge on any atom is 0.328 e. The number of carboxylic acid groups (broad SMARTS) is 1. The summed E-state index contributed by atoms with van der Waals surface area (Å²) in [5.74, 6) is -1.01. The summed E-state index contributed by atoms with van der Waals surface area (Å²) in [7, 11) is 0. The number of aromatic nitrogens is 2. The molecule has 3 aromatic rings. The van der Waals surface area contributed by atoms with E-state index in [1.54, 1.807) is 22.7 Å². The molecule has 1 N–H and O–H groups in total. The minimum absolute atomic E-state index is 0.562. The van der Waals surface area contributed by atoms with Gasteiger partial charge in [0.2, 0.25) is 0 Å². The minimum Gasteiger partial charge on any atom is -0.478 e. The maximum absolute atomic E-state index is 10.9. The summed E-state index contributed by atoms with van der Waals surface area (Å²) in [6.45, 7) is 4.05. The van der Waals surface area contributed by atoms with Crippen molar-refractivity contribution in [1.82, 2.24) is 9.38 Å². The molecule has 2 aromatic heterocycles. The molecule has 5 heteroatoms. The van der Waals surface area contributed by atoms with Crippen molar-refractivity contribution in [1.29, 1.82) is 0 Å². The van der Waals surface area contributed by atoms with Gasteiger partial charge in [0.25, 0.3) is 0 Å². The van der Waals surface area contributed by atoms with Crippen LogP contribution in [0.5, 0.6) is 0 Å². The molecule has 0 amide bonds. The highest BCUT2D eigenvalue weighted by atomic mass is 35.5. The molecule has 0 saturated carbocycles. The highest BCUT2D eigenvalue weighted by Gasteiger charge is 2.14. The van der Waals surface area contributed by atoms with Gasteiger partial charge < -0.3 is 5.11 Å². The van der Waals surface area contributed by atoms with E-state index in [0.29, 0.717) is 10.7 Å². The predicted octanol–water partition coefficient (Wildman–Crippen LogP) is 4.37. The zero-order chi connectivity index (χ0) is 16.6. The largest absolute Gasteiger partial charge is 0.478 e. The summed E-state index contributed by atoms with van der Waals surface area (Å²) in [6.07, 6.45) is 4.39. The van der Waals surface area contributed by atoms with Crippen LogP contribution in [0.1, 0.15) is 16.8 Å². The maximum atomic E-state index is 10.9. The van der Waals surface area contributed by atoms with Crippen LogP contribution in [0.25, 0.3) is 23.0 Å². The number of fused-ring (bicyclic) bond motifs is 1. The molecule has 0 fully saturated rings. The van der Waals surface area contributed by atoms with Crippen molar-refractivity contribution in [2.75, 3.05) is 0 Å². The molecule has 0 atom stereocenters. The molecule has 1 aromatic carbocycles. The average molecular weight is 327 g/mol. The zero-order valence-electron chi connectivity index (χ0n) is 12.7. The second-order valence-corrected chi connectivity index (χ2v) is 5.85. The summed E-state index contributed by atoms with van der Waals surface area (Å²) in [5.41, 5.74) is 5.37. The second-order valence-electron chi connectivity index (χ2n) is 5.41. The molecule has 0 saturated heterocycles. The molecule has 23 heavy (non-hydrogen) atoms. The van der Waals surface area contributed by atoms with Crippen molar-refractivity contribution in [2.45, 2.75) is 13.8 Å². The number of halogens is 1. The topological polar surface area (TPSA) is 54.6 Å². The minimum atomic E-state index is -1.01. The molecule has 0 aliphatic heterocycles. The van der Waals surface area contributed by atoms with E-state index in [2.05, 4.69) is 11.1 Å². The van der Waals surface area contributed by atoms with Crippen LogP contribution in [0.2, 0.25) is 5.02 Å². The number of aryl methyl sites for hydroxylation is 2. The van der Waals surface area contributed by atoms with E-state index in [1.807, 2.05) is 32.0 Å². The number of hydrogen-bond acceptors (Lipinski definition) is 2. The molecule has 4 nitrogen and oxygen atoms in total. The first-order valence-corrected chi connectivity index (χ1v) is 7.50. The van der Waals surface area contributed by atoms with Gasteiger partial charge in [-0.15, -0.1) is 0 Å². The number of aliphatic carboxylic acids is 1. The molecule has 0 unspecified atom stereocenters. The molecule has 0 aliphatic carbocycles. The molecule has 0 spiro atoms. The van der Waals surface area contributed by atoms with E-state index in [0.717, 1.165) is 28.5 Å². The van der Waals surface area contributed by atoms with Crippen LogP contribution < -0.4 is 0 Å². The first-order valence-electron chi connectivity index (χ1n) is 7.12. The predicted molar refractivity (Wildman–Crippen MR) is 91.8 cm³/mol. The van der Waals surface area contributed by atoms with Gasteiger partial charge in [-0.3, -0.25) is 4.40 Å². The van der Waals surface area contributed by atoms with Crippen molar-refractivity contribution in [2.24, 2.45) is 0 Å². The third-order valence-electron chi connectivity index (χ3n) is 3.64. The van der Waals surface area contributed by atoms with Crippen LogP contribution in [0.4, 0.5) is 0 Å². The van der Waals surface area contributed by atoms with Gasteiger partial charge in [-0.05, 0) is 37.6 Å². The van der Waals surface area contributed by atoms with Crippen LogP contribution in [0.15, 0.2) is 42.6 Å². The fourth-order valence-corrected chi connectivity index (χ4v) is 2.78. The van der Waals surface area contributed by atoms with Crippen molar-refractivity contribution in [3.8, 4) is 11.3 Å². The van der Waals surface area contributed by atoms with Gasteiger partial charge >= 0.3 is 5.97 Å². The van der Waals surface area contributed by atoms with Crippen LogP contribution in [-0.4, -0.2) is 20.5 Å². The summed E-state index contributed by atoms with van der Waals surface area (Å²) >= 11 is 6.07. The Kier molecular flexibility index (Phi) is 3.92. The third-order valence-corrected chi connectivity index (χ3v) is 3.86. The van der Waals surface area contributed by atoms with Crippen LogP contribution in [0, 0.1) is 13.8 Å². The van der Waals surface area contributed by atoms with E-state index in [9.17, 15) is 4.79 Å². The van der Waals surface area contributed by atoms with Gasteiger partial charge in [-0.1, -0.05) is 35.4 Å². The first-order chi connectivity index (χ1) is 11.0. The number of imidazole rings is 1. The van der Waals surface area contributed by atoms with Gasteiger partial charge in [-0.2, -0.15) is 0 Å². The quantitative estimate of drug-likeness (QED) is 0.727. The molecule has 2 heterocycles. The van der Waals surface area contributed by atoms with Crippen LogP contribution >= 0.6 is 11.6 Å². The van der Waals surface area contributed by atoms with Crippen LogP contribution in [-0.2, 0) is 4.79 Å². The average Bonchev–Trinajstić information content (AvgIpc) is 2.82. The highest BCUT2D eigenvalue weighted by Crippen LogP contribution is 2.29. The lowest BCUT2D eigenvalue weighted by atomic mass is 10.0. The van der Waals surface area contributed by atoms with Crippen molar-refractivity contribution < 1.29 is 9.90 Å². The molecular formula is C18H15ClN2O2. The molecule has 0 radical (unpaired) electrons. The van der Waals surface area contributed by atoms with Gasteiger partial charge in [0, 0.05) is 17.8 Å². The Hall–Kier alpha value is -2.59. The molecule has 0 aliphatic rings. The van der Waals surface area contributed by atoms with E-state index in [-0.39, 0.29) is 0 Å². The Labute approximate surface area is 138 Å². The Morgan fingerprint density at radius 1 is 1.26 bits per heavy atom. The van der Waals surface area contributed by atoms with Gasteiger partial charge in [0.05, 0.1) is 16.4 Å². The third kappa shape index (κ3) is 2.98. The number of pyridine rings is 1. The summed E-state index contributed by atoms with van der Waals surface area (Å²) in [5, 5.41) is 9.51. The fourth-order valence-electron chi connectivity index (χ4n) is 2.62. The lowest BCUT2D eigenvalue weighted by Gasteiger charge is -2.06. The molecule has 116 valence electrons. The van der Waals surface area contributed by atoms with Crippen LogP contribution in [0.3, 0.4) is 0 Å². The van der Waals surface area contributed by atoms with E-state index < -0.39 is 5.97 Å². The van der Waals surface area contributed by atoms with E-state index in [1.165, 1.54) is 5.56 Å². The first kappa shape index (κ1) is 15.3. The van der Waals surface area contributed by atoms with Crippen molar-refractivity contribution >= 4 is 29.3 Å². The Morgan fingerprint density at radius 2 is 2.04 bits per heavy atom. The van der Waals surface area contributed by atoms with Crippen molar-refractivity contribution in [3.63, 3.8) is 0 Å². The number of carboxylic acids is 1. The zero-order valence-corrected chi connectivity index (χ0v) is 13.5. The van der Waals surface area contributed by atoms with Crippen molar-refractivity contribution in [3.05, 3.63) is 64.4 Å². The number of nitrogens with zero attached hydrogens (tertiary/aromatic N) is 2. The van der Waals surface area contributed by atoms with Gasteiger partial charge in [0.1, 0.15) is 5.65 Å². The summed E-state index contributed by atoms with van der Waals surface area (Å²) < 4.78 is 1.80. The standard InChI is InChI=1S/C18H15ClN2O2/c1-11-3-5-14(12(2)9-11)18-15(6-8-17(22)23)21-10-13(19)4-7-16(21)20-18/h3-10H,1-2H3,(H,22,23)/b8-6+. The van der Waals surface area contributed by atoms with E-state index in [4.69, 9.17) is 16.7 Å². The normalized spacial score (nSPS) is 11.4. The SMILES string of the molecule is Cc1ccc(-c2nc3ccc(Cl)cn3c2/C=C/C(=O)O)c(C)c1. The monoisotopic (exact) mass is 326 g/mol. The molecular weight excluding hydrogens is 312 g/mol. The van der Waals surface area contributed by atoms with E-state index >= 15 is 0 Å². The smallest absolute Gasteiger partial charge is 0.328 e. The lowest BCUT2D eigenvalue weighted by Crippen LogP contribution is -1.92. The Bertz CT molecular complexity index is 942. The number of rotatable bonds is 3. The van der Waals surface area contributed by atoms with Gasteiger partial charge in [-0.25, -0.2) is 9.78 Å². The molecule has 0 bridgehead atoms. The van der Waals surface area contributed by atoms with Gasteiger partial charge in [0.15, 0.2) is 0 Å². The lowest BCUT2D eigenvalue weighted by molar-refractivity contribution is -0.131. The summed E-state index contributed by atoms with van der Waals surface area (Å²) in [6, 6.07) is 9.68. The number of carbonyl (C=O) groups is 1. The number of hydrogen-bond donors (Lipinski definition) is 1. The number of benzene rings is 1.